The minimum Gasteiger partial charge on any atom is -0.462 e. The maximum atomic E-state index is 11.3. The quantitative estimate of drug-likeness (QED) is 0.511. The topological polar surface area (TPSA) is 26.3 Å². The summed E-state index contributed by atoms with van der Waals surface area (Å²) in [7, 11) is 0. The molecule has 0 aromatic rings. The standard InChI is InChI=1S/C10H12O2S/c1-2-7-12-10(11)8-3-5-9(13)6-4-8/h3-5H,2,6-7H2,1H3. The SMILES string of the molecule is CCCOC(=O)C1=CCC(=S)C=C1. The Morgan fingerprint density at radius 3 is 2.92 bits per heavy atom. The van der Waals surface area contributed by atoms with E-state index in [0.717, 1.165) is 11.3 Å². The molecule has 0 amide bonds. The molecule has 0 aliphatic heterocycles. The molecule has 1 aliphatic carbocycles. The van der Waals surface area contributed by atoms with Crippen molar-refractivity contribution in [3.63, 3.8) is 0 Å². The largest absolute Gasteiger partial charge is 0.462 e. The molecule has 1 aliphatic rings. The zero-order chi connectivity index (χ0) is 9.68. The van der Waals surface area contributed by atoms with Gasteiger partial charge in [-0.25, -0.2) is 4.79 Å². The third-order valence-corrected chi connectivity index (χ3v) is 1.95. The Balaban J connectivity index is 2.49. The van der Waals surface area contributed by atoms with E-state index in [9.17, 15) is 4.79 Å². The van der Waals surface area contributed by atoms with Gasteiger partial charge in [-0.2, -0.15) is 0 Å². The number of esters is 1. The molecule has 13 heavy (non-hydrogen) atoms. The van der Waals surface area contributed by atoms with Crippen molar-refractivity contribution in [2.75, 3.05) is 6.61 Å². The van der Waals surface area contributed by atoms with Gasteiger partial charge in [0.15, 0.2) is 0 Å². The highest BCUT2D eigenvalue weighted by Gasteiger charge is 2.10. The molecule has 3 heteroatoms. The number of carbonyl (C=O) groups is 1. The van der Waals surface area contributed by atoms with Gasteiger partial charge in [-0.15, -0.1) is 0 Å². The van der Waals surface area contributed by atoms with E-state index in [1.807, 2.05) is 6.92 Å². The van der Waals surface area contributed by atoms with Gasteiger partial charge < -0.3 is 4.74 Å². The van der Waals surface area contributed by atoms with Crippen LogP contribution in [0.25, 0.3) is 0 Å². The Kier molecular flexibility index (Phi) is 3.83. The molecule has 70 valence electrons. The Morgan fingerprint density at radius 2 is 2.38 bits per heavy atom. The van der Waals surface area contributed by atoms with E-state index in [1.54, 1.807) is 18.2 Å². The molecule has 0 radical (unpaired) electrons. The van der Waals surface area contributed by atoms with E-state index >= 15 is 0 Å². The minimum absolute atomic E-state index is 0.249. The van der Waals surface area contributed by atoms with Crippen molar-refractivity contribution in [2.45, 2.75) is 19.8 Å². The first-order chi connectivity index (χ1) is 6.24. The number of thiocarbonyl (C=S) groups is 1. The van der Waals surface area contributed by atoms with Gasteiger partial charge in [0.1, 0.15) is 0 Å². The van der Waals surface area contributed by atoms with E-state index in [4.69, 9.17) is 17.0 Å². The summed E-state index contributed by atoms with van der Waals surface area (Å²) in [5, 5.41) is 0. The van der Waals surface area contributed by atoms with Crippen molar-refractivity contribution in [3.05, 3.63) is 23.8 Å². The molecule has 0 spiro atoms. The predicted octanol–water partition coefficient (Wildman–Crippen LogP) is 2.20. The monoisotopic (exact) mass is 196 g/mol. The fourth-order valence-corrected chi connectivity index (χ4v) is 1.11. The lowest BCUT2D eigenvalue weighted by atomic mass is 10.1. The lowest BCUT2D eigenvalue weighted by molar-refractivity contribution is -0.138. The van der Waals surface area contributed by atoms with Crippen molar-refractivity contribution >= 4 is 23.1 Å². The summed E-state index contributed by atoms with van der Waals surface area (Å²) in [5.41, 5.74) is 0.613. The lowest BCUT2D eigenvalue weighted by Crippen LogP contribution is -2.09. The van der Waals surface area contributed by atoms with E-state index in [-0.39, 0.29) is 5.97 Å². The van der Waals surface area contributed by atoms with Crippen molar-refractivity contribution in [3.8, 4) is 0 Å². The predicted molar refractivity (Wildman–Crippen MR) is 55.7 cm³/mol. The van der Waals surface area contributed by atoms with Gasteiger partial charge in [0.2, 0.25) is 0 Å². The third kappa shape index (κ3) is 3.11. The van der Waals surface area contributed by atoms with Gasteiger partial charge in [-0.1, -0.05) is 25.2 Å². The van der Waals surface area contributed by atoms with Crippen LogP contribution in [-0.2, 0) is 9.53 Å². The summed E-state index contributed by atoms with van der Waals surface area (Å²) >= 11 is 4.95. The molecule has 2 nitrogen and oxygen atoms in total. The van der Waals surface area contributed by atoms with Crippen LogP contribution in [0.5, 0.6) is 0 Å². The van der Waals surface area contributed by atoms with Crippen LogP contribution in [0, 0.1) is 0 Å². The molecule has 0 N–H and O–H groups in total. The third-order valence-electron chi connectivity index (χ3n) is 1.64. The number of hydrogen-bond donors (Lipinski definition) is 0. The van der Waals surface area contributed by atoms with Gasteiger partial charge in [-0.05, 0) is 18.6 Å². The molecular weight excluding hydrogens is 184 g/mol. The second-order valence-corrected chi connectivity index (χ2v) is 3.32. The van der Waals surface area contributed by atoms with Crippen LogP contribution in [0.2, 0.25) is 0 Å². The van der Waals surface area contributed by atoms with Gasteiger partial charge in [-0.3, -0.25) is 0 Å². The average molecular weight is 196 g/mol. The van der Waals surface area contributed by atoms with Crippen molar-refractivity contribution in [2.24, 2.45) is 0 Å². The van der Waals surface area contributed by atoms with Gasteiger partial charge >= 0.3 is 5.97 Å². The molecule has 0 fully saturated rings. The Bertz CT molecular complexity index is 277. The summed E-state index contributed by atoms with van der Waals surface area (Å²) in [6, 6.07) is 0. The zero-order valence-corrected chi connectivity index (χ0v) is 8.39. The van der Waals surface area contributed by atoms with Gasteiger partial charge in [0.05, 0.1) is 12.2 Å². The second kappa shape index (κ2) is 4.92. The summed E-state index contributed by atoms with van der Waals surface area (Å²) < 4.78 is 4.96. The highest BCUT2D eigenvalue weighted by Crippen LogP contribution is 2.10. The molecule has 0 aromatic heterocycles. The fraction of sp³-hybridized carbons (Fsp3) is 0.400. The van der Waals surface area contributed by atoms with E-state index < -0.39 is 0 Å². The number of hydrogen-bond acceptors (Lipinski definition) is 3. The van der Waals surface area contributed by atoms with Crippen LogP contribution in [0.1, 0.15) is 19.8 Å². The van der Waals surface area contributed by atoms with Crippen LogP contribution in [-0.4, -0.2) is 17.4 Å². The maximum Gasteiger partial charge on any atom is 0.337 e. The average Bonchev–Trinajstić information content (AvgIpc) is 2.15. The van der Waals surface area contributed by atoms with E-state index in [2.05, 4.69) is 0 Å². The normalized spacial score (nSPS) is 15.5. The summed E-state index contributed by atoms with van der Waals surface area (Å²) in [5.74, 6) is -0.249. The Hall–Kier alpha value is -0.960. The van der Waals surface area contributed by atoms with Crippen LogP contribution in [0.3, 0.4) is 0 Å². The highest BCUT2D eigenvalue weighted by atomic mass is 32.1. The number of ether oxygens (including phenoxy) is 1. The van der Waals surface area contributed by atoms with Crippen molar-refractivity contribution < 1.29 is 9.53 Å². The second-order valence-electron chi connectivity index (χ2n) is 2.80. The molecule has 0 atom stereocenters. The molecular formula is C10H12O2S. The molecule has 0 heterocycles. The number of allylic oxidation sites excluding steroid dienone is 2. The first kappa shape index (κ1) is 10.1. The summed E-state index contributed by atoms with van der Waals surface area (Å²) in [6.45, 7) is 2.45. The maximum absolute atomic E-state index is 11.3. The number of carbonyl (C=O) groups excluding carboxylic acids is 1. The van der Waals surface area contributed by atoms with Crippen LogP contribution < -0.4 is 0 Å². The van der Waals surface area contributed by atoms with Gasteiger partial charge in [0, 0.05) is 11.3 Å². The first-order valence-electron chi connectivity index (χ1n) is 4.32. The van der Waals surface area contributed by atoms with E-state index in [0.29, 0.717) is 18.6 Å². The van der Waals surface area contributed by atoms with Crippen molar-refractivity contribution in [1.29, 1.82) is 0 Å². The van der Waals surface area contributed by atoms with Crippen LogP contribution in [0.15, 0.2) is 23.8 Å². The lowest BCUT2D eigenvalue weighted by Gasteiger charge is -2.06. The van der Waals surface area contributed by atoms with Crippen LogP contribution >= 0.6 is 12.2 Å². The smallest absolute Gasteiger partial charge is 0.337 e. The summed E-state index contributed by atoms with van der Waals surface area (Å²) in [6.07, 6.45) is 6.81. The first-order valence-corrected chi connectivity index (χ1v) is 4.73. The number of rotatable bonds is 3. The molecule has 0 bridgehead atoms. The fourth-order valence-electron chi connectivity index (χ4n) is 0.959. The molecule has 1 rings (SSSR count). The molecule has 0 saturated carbocycles. The zero-order valence-electron chi connectivity index (χ0n) is 7.58. The minimum atomic E-state index is -0.249. The Morgan fingerprint density at radius 1 is 1.62 bits per heavy atom. The van der Waals surface area contributed by atoms with Gasteiger partial charge in [0.25, 0.3) is 0 Å². The van der Waals surface area contributed by atoms with Crippen LogP contribution in [0.4, 0.5) is 0 Å². The molecule has 0 saturated heterocycles. The van der Waals surface area contributed by atoms with Crippen molar-refractivity contribution in [1.82, 2.24) is 0 Å². The Labute approximate surface area is 83.3 Å². The molecule has 0 aromatic carbocycles. The highest BCUT2D eigenvalue weighted by molar-refractivity contribution is 7.80. The van der Waals surface area contributed by atoms with E-state index in [1.165, 1.54) is 0 Å². The summed E-state index contributed by atoms with van der Waals surface area (Å²) in [4.78, 5) is 12.1. The molecule has 0 unspecified atom stereocenters.